The zero-order chi connectivity index (χ0) is 18.1. The molecule has 0 heterocycles. The molecule has 4 nitrogen and oxygen atoms in total. The van der Waals surface area contributed by atoms with Crippen LogP contribution in [0.15, 0.2) is 0 Å². The summed E-state index contributed by atoms with van der Waals surface area (Å²) in [6, 6.07) is 0.292. The average molecular weight is 315 g/mol. The lowest BCUT2D eigenvalue weighted by atomic mass is 9.78. The first-order valence-electron chi connectivity index (χ1n) is 8.29. The molecule has 0 aromatic carbocycles. The molecule has 0 fully saturated rings. The van der Waals surface area contributed by atoms with Crippen LogP contribution in [0, 0.1) is 16.7 Å². The molecule has 132 valence electrons. The Labute approximate surface area is 137 Å². The Hall–Kier alpha value is -1.06. The second-order valence-electron chi connectivity index (χ2n) is 7.97. The topological polar surface area (TPSA) is 58.2 Å². The van der Waals surface area contributed by atoms with Crippen molar-refractivity contribution in [2.75, 3.05) is 7.05 Å². The summed E-state index contributed by atoms with van der Waals surface area (Å²) in [5.74, 6) is 0.347. The average Bonchev–Trinajstić information content (AvgIpc) is 2.33. The Bertz CT molecular complexity index is 338. The normalized spacial score (nSPS) is 14.3. The van der Waals surface area contributed by atoms with E-state index in [9.17, 15) is 9.59 Å². The van der Waals surface area contributed by atoms with Crippen LogP contribution in [-0.2, 0) is 9.59 Å². The van der Waals surface area contributed by atoms with Gasteiger partial charge in [-0.15, -0.1) is 0 Å². The second-order valence-corrected chi connectivity index (χ2v) is 7.97. The van der Waals surface area contributed by atoms with Crippen LogP contribution in [0.2, 0.25) is 0 Å². The Morgan fingerprint density at radius 3 is 1.45 bits per heavy atom. The van der Waals surface area contributed by atoms with Crippen molar-refractivity contribution < 1.29 is 9.59 Å². The van der Waals surface area contributed by atoms with Gasteiger partial charge in [0.05, 0.1) is 0 Å². The Morgan fingerprint density at radius 1 is 0.909 bits per heavy atom. The van der Waals surface area contributed by atoms with E-state index in [1.807, 2.05) is 6.92 Å². The summed E-state index contributed by atoms with van der Waals surface area (Å²) in [5, 5.41) is 5.61. The van der Waals surface area contributed by atoms with Crippen molar-refractivity contribution >= 4 is 11.8 Å². The lowest BCUT2D eigenvalue weighted by Gasteiger charge is -2.30. The zero-order valence-electron chi connectivity index (χ0n) is 16.4. The number of nitrogens with one attached hydrogen (secondary N) is 2. The molecule has 0 saturated heterocycles. The van der Waals surface area contributed by atoms with Crippen LogP contribution in [0.25, 0.3) is 0 Å². The van der Waals surface area contributed by atoms with E-state index >= 15 is 0 Å². The molecular formula is C18H38N2O2. The van der Waals surface area contributed by atoms with Gasteiger partial charge in [-0.25, -0.2) is 0 Å². The molecule has 0 aliphatic heterocycles. The maximum atomic E-state index is 11.3. The highest BCUT2D eigenvalue weighted by Crippen LogP contribution is 2.28. The summed E-state index contributed by atoms with van der Waals surface area (Å²) in [4.78, 5) is 22.0. The van der Waals surface area contributed by atoms with Crippen molar-refractivity contribution in [2.45, 2.75) is 81.2 Å². The van der Waals surface area contributed by atoms with E-state index in [1.165, 1.54) is 0 Å². The van der Waals surface area contributed by atoms with E-state index in [4.69, 9.17) is 0 Å². The predicted molar refractivity (Wildman–Crippen MR) is 94.7 cm³/mol. The first-order valence-corrected chi connectivity index (χ1v) is 8.29. The van der Waals surface area contributed by atoms with Crippen LogP contribution in [0.4, 0.5) is 0 Å². The van der Waals surface area contributed by atoms with Gasteiger partial charge in [-0.3, -0.25) is 9.59 Å². The van der Waals surface area contributed by atoms with Gasteiger partial charge < -0.3 is 10.6 Å². The first kappa shape index (κ1) is 23.2. The monoisotopic (exact) mass is 314 g/mol. The number of carbonyl (C=O) groups is 2. The maximum Gasteiger partial charge on any atom is 0.223 e. The molecule has 0 aromatic rings. The van der Waals surface area contributed by atoms with Crippen molar-refractivity contribution in [3.63, 3.8) is 0 Å². The molecular weight excluding hydrogens is 276 g/mol. The second kappa shape index (κ2) is 9.86. The molecule has 4 heteroatoms. The van der Waals surface area contributed by atoms with E-state index in [-0.39, 0.29) is 28.6 Å². The largest absolute Gasteiger partial charge is 0.359 e. The third-order valence-corrected chi connectivity index (χ3v) is 3.85. The van der Waals surface area contributed by atoms with Crippen molar-refractivity contribution in [2.24, 2.45) is 16.7 Å². The third kappa shape index (κ3) is 9.80. The minimum atomic E-state index is 0.0618. The Balaban J connectivity index is 0. The summed E-state index contributed by atoms with van der Waals surface area (Å²) in [5.41, 5.74) is 0.245. The van der Waals surface area contributed by atoms with Crippen molar-refractivity contribution in [3.8, 4) is 0 Å². The van der Waals surface area contributed by atoms with Crippen molar-refractivity contribution in [1.82, 2.24) is 10.6 Å². The summed E-state index contributed by atoms with van der Waals surface area (Å²) >= 11 is 0. The molecule has 0 aliphatic rings. The van der Waals surface area contributed by atoms with Gasteiger partial charge in [0, 0.05) is 25.9 Å². The number of hydrogen-bond acceptors (Lipinski definition) is 2. The molecule has 22 heavy (non-hydrogen) atoms. The molecule has 0 aromatic heterocycles. The third-order valence-electron chi connectivity index (χ3n) is 3.85. The summed E-state index contributed by atoms with van der Waals surface area (Å²) in [7, 11) is 1.69. The van der Waals surface area contributed by atoms with Crippen molar-refractivity contribution in [1.29, 1.82) is 0 Å². The minimum absolute atomic E-state index is 0.0618. The zero-order valence-corrected chi connectivity index (χ0v) is 16.4. The SMILES string of the molecule is CCC(C(=O)NC)C(C)(C)C.CCC(NC(C)=O)C(C)(C)C. The van der Waals surface area contributed by atoms with Gasteiger partial charge in [0.2, 0.25) is 11.8 Å². The van der Waals surface area contributed by atoms with Gasteiger partial charge >= 0.3 is 0 Å². The predicted octanol–water partition coefficient (Wildman–Crippen LogP) is 3.75. The molecule has 2 unspecified atom stereocenters. The van der Waals surface area contributed by atoms with Gasteiger partial charge in [-0.1, -0.05) is 55.4 Å². The molecule has 2 amide bonds. The van der Waals surface area contributed by atoms with Crippen molar-refractivity contribution in [3.05, 3.63) is 0 Å². The highest BCUT2D eigenvalue weighted by molar-refractivity contribution is 5.78. The molecule has 0 radical (unpaired) electrons. The van der Waals surface area contributed by atoms with E-state index in [0.29, 0.717) is 6.04 Å². The number of amides is 2. The lowest BCUT2D eigenvalue weighted by molar-refractivity contribution is -0.127. The molecule has 0 bridgehead atoms. The maximum absolute atomic E-state index is 11.3. The van der Waals surface area contributed by atoms with E-state index in [2.05, 4.69) is 59.1 Å². The fourth-order valence-electron chi connectivity index (χ4n) is 2.54. The van der Waals surface area contributed by atoms with Gasteiger partial charge in [-0.05, 0) is 23.7 Å². The molecule has 0 aliphatic carbocycles. The standard InChI is InChI=1S/2C9H19NO/c1-6-7(8(11)10-5)9(2,3)4;1-6-8(9(3,4)5)10-7(2)11/h7H,6H2,1-5H3,(H,10,11);8H,6H2,1-5H3,(H,10,11). The molecule has 0 spiro atoms. The van der Waals surface area contributed by atoms with Crippen LogP contribution < -0.4 is 10.6 Å². The van der Waals surface area contributed by atoms with E-state index < -0.39 is 0 Å². The number of rotatable bonds is 4. The minimum Gasteiger partial charge on any atom is -0.359 e. The summed E-state index contributed by atoms with van der Waals surface area (Å²) in [6.07, 6.45) is 1.90. The lowest BCUT2D eigenvalue weighted by Crippen LogP contribution is -2.42. The van der Waals surface area contributed by atoms with Gasteiger partial charge in [-0.2, -0.15) is 0 Å². The quantitative estimate of drug-likeness (QED) is 0.830. The van der Waals surface area contributed by atoms with E-state index in [0.717, 1.165) is 12.8 Å². The molecule has 2 N–H and O–H groups in total. The van der Waals surface area contributed by atoms with E-state index in [1.54, 1.807) is 14.0 Å². The highest BCUT2D eigenvalue weighted by atomic mass is 16.2. The summed E-state index contributed by atoms with van der Waals surface area (Å²) < 4.78 is 0. The smallest absolute Gasteiger partial charge is 0.223 e. The Kier molecular flexibility index (Phi) is 10.4. The van der Waals surface area contributed by atoms with Crippen LogP contribution in [0.3, 0.4) is 0 Å². The Morgan fingerprint density at radius 2 is 1.36 bits per heavy atom. The van der Waals surface area contributed by atoms with Crippen LogP contribution >= 0.6 is 0 Å². The first-order chi connectivity index (χ1) is 9.81. The van der Waals surface area contributed by atoms with Gasteiger partial charge in [0.25, 0.3) is 0 Å². The summed E-state index contributed by atoms with van der Waals surface area (Å²) in [6.45, 7) is 18.4. The highest BCUT2D eigenvalue weighted by Gasteiger charge is 2.28. The fraction of sp³-hybridized carbons (Fsp3) is 0.889. The number of hydrogen-bond donors (Lipinski definition) is 2. The fourth-order valence-corrected chi connectivity index (χ4v) is 2.54. The van der Waals surface area contributed by atoms with Crippen LogP contribution in [0.5, 0.6) is 0 Å². The van der Waals surface area contributed by atoms with Crippen LogP contribution in [-0.4, -0.2) is 24.9 Å². The molecule has 2 atom stereocenters. The molecule has 0 rings (SSSR count). The van der Waals surface area contributed by atoms with Crippen LogP contribution in [0.1, 0.15) is 75.2 Å². The number of carbonyl (C=O) groups excluding carboxylic acids is 2. The molecule has 0 saturated carbocycles. The van der Waals surface area contributed by atoms with Gasteiger partial charge in [0.1, 0.15) is 0 Å². The van der Waals surface area contributed by atoms with Gasteiger partial charge in [0.15, 0.2) is 0 Å².